The summed E-state index contributed by atoms with van der Waals surface area (Å²) in [5.41, 5.74) is 9.75. The molecule has 8 rings (SSSR count). The lowest BCUT2D eigenvalue weighted by Gasteiger charge is -2.12. The van der Waals surface area contributed by atoms with Gasteiger partial charge in [0.15, 0.2) is 0 Å². The first-order valence-corrected chi connectivity index (χ1v) is 20.5. The molecule has 4 aromatic heterocycles. The molecule has 0 aliphatic heterocycles. The Hall–Kier alpha value is -8.80. The van der Waals surface area contributed by atoms with E-state index in [1.165, 1.54) is 15.9 Å². The van der Waals surface area contributed by atoms with Crippen molar-refractivity contribution in [1.29, 1.82) is 0 Å². The van der Waals surface area contributed by atoms with Crippen LogP contribution in [-0.4, -0.2) is 84.6 Å². The molecule has 0 bridgehead atoms. The summed E-state index contributed by atoms with van der Waals surface area (Å²) in [6, 6.07) is 29.2. The van der Waals surface area contributed by atoms with Crippen molar-refractivity contribution in [3.63, 3.8) is 0 Å². The van der Waals surface area contributed by atoms with Gasteiger partial charge in [-0.15, -0.1) is 0 Å². The number of benzene rings is 4. The second-order valence-electron chi connectivity index (χ2n) is 15.2. The molecule has 334 valence electrons. The van der Waals surface area contributed by atoms with Crippen LogP contribution < -0.4 is 25.8 Å². The summed E-state index contributed by atoms with van der Waals surface area (Å²) in [6.45, 7) is 0.607. The van der Waals surface area contributed by atoms with Crippen molar-refractivity contribution in [1.82, 2.24) is 39.7 Å². The van der Waals surface area contributed by atoms with Crippen LogP contribution in [-0.2, 0) is 35.6 Å². The van der Waals surface area contributed by atoms with Gasteiger partial charge in [0, 0.05) is 80.9 Å². The van der Waals surface area contributed by atoms with Crippen LogP contribution in [0.4, 0.5) is 34.6 Å². The number of nitrogens with zero attached hydrogens (tertiary/aromatic N) is 9. The number of anilines is 5. The predicted octanol–water partition coefficient (Wildman–Crippen LogP) is 7.45. The van der Waals surface area contributed by atoms with Crippen LogP contribution in [0, 0.1) is 10.1 Å². The van der Waals surface area contributed by atoms with Crippen LogP contribution in [0.5, 0.6) is 11.5 Å². The third-order valence-electron chi connectivity index (χ3n) is 9.96. The molecule has 0 radical (unpaired) electrons. The Labute approximate surface area is 379 Å². The average molecular weight is 887 g/mol. The highest BCUT2D eigenvalue weighted by molar-refractivity contribution is 5.97. The van der Waals surface area contributed by atoms with E-state index in [-0.39, 0.29) is 37.0 Å². The molecule has 4 heterocycles. The molecule has 8 aromatic rings. The number of nitro groups is 1. The van der Waals surface area contributed by atoms with Crippen molar-refractivity contribution >= 4 is 68.0 Å². The lowest BCUT2D eigenvalue weighted by Crippen LogP contribution is -2.24. The van der Waals surface area contributed by atoms with E-state index in [0.29, 0.717) is 57.8 Å². The zero-order chi connectivity index (χ0) is 46.6. The van der Waals surface area contributed by atoms with E-state index in [2.05, 4.69) is 40.5 Å². The average Bonchev–Trinajstić information content (AvgIpc) is 3.31. The number of amides is 2. The SMILES string of the molecule is CN(C)C(=O)Cc1cncc(Nc2cc(COc3ccc(N)c4ccccc34)ccn2)n1.CN(C)C(=O)Cc1cncc(Nc2cc(COc3ccc([N+](=O)[O-])c4ccccc34)ccn2)n1. The molecule has 4 aromatic carbocycles. The number of hydrogen-bond donors (Lipinski definition) is 3. The van der Waals surface area contributed by atoms with Gasteiger partial charge in [0.05, 0.1) is 46.9 Å². The Morgan fingerprint density at radius 1 is 0.606 bits per heavy atom. The van der Waals surface area contributed by atoms with E-state index in [1.807, 2.05) is 66.7 Å². The van der Waals surface area contributed by atoms with E-state index in [1.54, 1.807) is 89.6 Å². The third-order valence-corrected chi connectivity index (χ3v) is 9.96. The largest absolute Gasteiger partial charge is 0.488 e. The monoisotopic (exact) mass is 886 g/mol. The molecule has 4 N–H and O–H groups in total. The van der Waals surface area contributed by atoms with Crippen LogP contribution >= 0.6 is 0 Å². The number of non-ortho nitro benzene ring substituents is 1. The molecule has 18 nitrogen and oxygen atoms in total. The first-order chi connectivity index (χ1) is 31.9. The lowest BCUT2D eigenvalue weighted by molar-refractivity contribution is -0.383. The summed E-state index contributed by atoms with van der Waals surface area (Å²) in [5.74, 6) is 3.35. The summed E-state index contributed by atoms with van der Waals surface area (Å²) in [6.07, 6.45) is 9.97. The summed E-state index contributed by atoms with van der Waals surface area (Å²) in [5, 5.41) is 20.7. The molecule has 0 fully saturated rings. The van der Waals surface area contributed by atoms with Crippen molar-refractivity contribution in [2.75, 3.05) is 44.6 Å². The fraction of sp³-hybridized carbons (Fsp3) is 0.167. The number of ether oxygens (including phenoxy) is 2. The van der Waals surface area contributed by atoms with Crippen LogP contribution in [0.25, 0.3) is 21.5 Å². The number of nitrogens with two attached hydrogens (primary N) is 1. The van der Waals surface area contributed by atoms with Crippen molar-refractivity contribution < 1.29 is 24.0 Å². The number of aromatic nitrogens is 6. The maximum atomic E-state index is 11.9. The van der Waals surface area contributed by atoms with Crippen molar-refractivity contribution in [3.8, 4) is 11.5 Å². The Balaban J connectivity index is 0.000000197. The second kappa shape index (κ2) is 21.0. The van der Waals surface area contributed by atoms with Gasteiger partial charge in [0.2, 0.25) is 11.8 Å². The normalized spacial score (nSPS) is 10.7. The van der Waals surface area contributed by atoms with Crippen LogP contribution in [0.15, 0.2) is 134 Å². The maximum absolute atomic E-state index is 11.9. The fourth-order valence-corrected chi connectivity index (χ4v) is 6.54. The molecule has 0 saturated heterocycles. The molecule has 0 atom stereocenters. The molecule has 0 aliphatic carbocycles. The quantitative estimate of drug-likeness (QED) is 0.0516. The van der Waals surface area contributed by atoms with Gasteiger partial charge in [-0.3, -0.25) is 29.7 Å². The topological polar surface area (TPSA) is 230 Å². The lowest BCUT2D eigenvalue weighted by atomic mass is 10.1. The number of rotatable bonds is 15. The first-order valence-electron chi connectivity index (χ1n) is 20.5. The van der Waals surface area contributed by atoms with E-state index >= 15 is 0 Å². The molecule has 2 amide bonds. The number of likely N-dealkylation sites (N-methyl/N-ethyl adjacent to an activating group) is 2. The zero-order valence-corrected chi connectivity index (χ0v) is 36.6. The highest BCUT2D eigenvalue weighted by atomic mass is 16.6. The summed E-state index contributed by atoms with van der Waals surface area (Å²) < 4.78 is 12.1. The van der Waals surface area contributed by atoms with Crippen LogP contribution in [0.1, 0.15) is 22.5 Å². The van der Waals surface area contributed by atoms with Gasteiger partial charge in [0.1, 0.15) is 48.0 Å². The molecule has 66 heavy (non-hydrogen) atoms. The standard InChI is InChI=1S/C24H22N6O4.C24H24N6O2/c1-29(2)24(31)12-17-13-25-14-23(27-17)28-22-11-16(9-10-26-22)15-34-21-8-7-20(30(32)33)18-5-3-4-6-19(18)21;1-30(2)24(31)12-17-13-26-14-23(28-17)29-22-11-16(9-10-27-22)15-32-21-8-7-20(25)18-5-3-4-6-19(18)21/h3-11,13-14H,12,15H2,1-2H3,(H,26,27,28);3-11,13-14H,12,15,25H2,1-2H3,(H,27,28,29). The summed E-state index contributed by atoms with van der Waals surface area (Å²) >= 11 is 0. The molecule has 18 heteroatoms. The first kappa shape index (κ1) is 45.2. The van der Waals surface area contributed by atoms with Gasteiger partial charge in [-0.05, 0) is 59.7 Å². The Morgan fingerprint density at radius 2 is 1.06 bits per heavy atom. The van der Waals surface area contributed by atoms with Crippen molar-refractivity contribution in [2.45, 2.75) is 26.1 Å². The molecular formula is C48H46N12O6. The zero-order valence-electron chi connectivity index (χ0n) is 36.6. The minimum atomic E-state index is -0.402. The van der Waals surface area contributed by atoms with Gasteiger partial charge in [-0.2, -0.15) is 0 Å². The van der Waals surface area contributed by atoms with E-state index < -0.39 is 4.92 Å². The smallest absolute Gasteiger partial charge is 0.277 e. The minimum absolute atomic E-state index is 0.0361. The molecule has 0 spiro atoms. The number of nitrogens with one attached hydrogen (secondary N) is 2. The summed E-state index contributed by atoms with van der Waals surface area (Å²) in [4.78, 5) is 63.6. The maximum Gasteiger partial charge on any atom is 0.277 e. The van der Waals surface area contributed by atoms with Gasteiger partial charge < -0.3 is 35.6 Å². The third kappa shape index (κ3) is 11.8. The molecular weight excluding hydrogens is 841 g/mol. The number of nitro benzene ring substituents is 1. The number of nitrogen functional groups attached to an aromatic ring is 1. The molecule has 0 saturated carbocycles. The number of carbonyl (C=O) groups is 2. The predicted molar refractivity (Wildman–Crippen MR) is 252 cm³/mol. The fourth-order valence-electron chi connectivity index (χ4n) is 6.54. The van der Waals surface area contributed by atoms with Gasteiger partial charge >= 0.3 is 0 Å². The van der Waals surface area contributed by atoms with Crippen LogP contribution in [0.3, 0.4) is 0 Å². The van der Waals surface area contributed by atoms with Gasteiger partial charge in [-0.1, -0.05) is 42.5 Å². The Bertz CT molecular complexity index is 3020. The number of carbonyl (C=O) groups excluding carboxylic acids is 2. The molecule has 0 aliphatic rings. The number of pyridine rings is 2. The van der Waals surface area contributed by atoms with E-state index in [4.69, 9.17) is 15.2 Å². The van der Waals surface area contributed by atoms with Crippen molar-refractivity contribution in [3.05, 3.63) is 167 Å². The van der Waals surface area contributed by atoms with Crippen LogP contribution in [0.2, 0.25) is 0 Å². The highest BCUT2D eigenvalue weighted by Crippen LogP contribution is 2.34. The minimum Gasteiger partial charge on any atom is -0.488 e. The second-order valence-corrected chi connectivity index (χ2v) is 15.2. The van der Waals surface area contributed by atoms with E-state index in [9.17, 15) is 19.7 Å². The Kier molecular flexibility index (Phi) is 14.4. The van der Waals surface area contributed by atoms with Gasteiger partial charge in [-0.25, -0.2) is 19.9 Å². The van der Waals surface area contributed by atoms with Crippen molar-refractivity contribution in [2.24, 2.45) is 0 Å². The molecule has 0 unspecified atom stereocenters. The summed E-state index contributed by atoms with van der Waals surface area (Å²) in [7, 11) is 6.80. The number of fused-ring (bicyclic) bond motifs is 2. The highest BCUT2D eigenvalue weighted by Gasteiger charge is 2.16. The van der Waals surface area contributed by atoms with E-state index in [0.717, 1.165) is 33.3 Å². The van der Waals surface area contributed by atoms with Gasteiger partial charge in [0.25, 0.3) is 5.69 Å². The number of hydrogen-bond acceptors (Lipinski definition) is 15. The Morgan fingerprint density at radius 3 is 1.55 bits per heavy atom.